The van der Waals surface area contributed by atoms with E-state index in [2.05, 4.69) is 20.5 Å². The van der Waals surface area contributed by atoms with Gasteiger partial charge in [0.25, 0.3) is 5.91 Å². The van der Waals surface area contributed by atoms with Crippen molar-refractivity contribution in [3.63, 3.8) is 0 Å². The first-order valence-electron chi connectivity index (χ1n) is 7.19. The smallest absolute Gasteiger partial charge is 0.254 e. The van der Waals surface area contributed by atoms with Crippen LogP contribution < -0.4 is 10.1 Å². The summed E-state index contributed by atoms with van der Waals surface area (Å²) >= 11 is 0. The van der Waals surface area contributed by atoms with Crippen molar-refractivity contribution in [2.45, 2.75) is 25.5 Å². The number of nitrogens with one attached hydrogen (secondary N) is 2. The van der Waals surface area contributed by atoms with E-state index in [1.165, 1.54) is 6.20 Å². The number of nitrogens with zero attached hydrogens (tertiary/aromatic N) is 2. The maximum atomic E-state index is 12.1. The molecule has 1 amide bonds. The maximum absolute atomic E-state index is 12.1. The predicted molar refractivity (Wildman–Crippen MR) is 78.7 cm³/mol. The number of hydrogen-bond donors (Lipinski definition) is 2. The second-order valence-corrected chi connectivity index (χ2v) is 5.22. The third-order valence-electron chi connectivity index (χ3n) is 3.55. The summed E-state index contributed by atoms with van der Waals surface area (Å²) in [5.41, 5.74) is 1.43. The number of carbonyl (C=O) groups excluding carboxylic acids is 1. The second kappa shape index (κ2) is 6.57. The fraction of sp³-hybridized carbons (Fsp3) is 0.400. The van der Waals surface area contributed by atoms with Crippen LogP contribution >= 0.6 is 0 Å². The molecule has 7 nitrogen and oxygen atoms in total. The van der Waals surface area contributed by atoms with Gasteiger partial charge in [0.1, 0.15) is 11.9 Å². The summed E-state index contributed by atoms with van der Waals surface area (Å²) in [6.45, 7) is 2.95. The lowest BCUT2D eigenvalue weighted by Gasteiger charge is -2.32. The second-order valence-electron chi connectivity index (χ2n) is 5.22. The molecule has 2 aromatic rings. The van der Waals surface area contributed by atoms with Crippen LogP contribution in [0.25, 0.3) is 0 Å². The van der Waals surface area contributed by atoms with Crippen LogP contribution in [0.4, 0.5) is 0 Å². The van der Waals surface area contributed by atoms with Crippen molar-refractivity contribution in [2.75, 3.05) is 13.2 Å². The zero-order valence-electron chi connectivity index (χ0n) is 12.3. The summed E-state index contributed by atoms with van der Waals surface area (Å²) in [7, 11) is 0. The molecule has 7 heteroatoms. The van der Waals surface area contributed by atoms with Crippen LogP contribution in [0.3, 0.4) is 0 Å². The van der Waals surface area contributed by atoms with Gasteiger partial charge < -0.3 is 14.8 Å². The van der Waals surface area contributed by atoms with Gasteiger partial charge in [-0.3, -0.25) is 14.9 Å². The molecule has 0 saturated carbocycles. The monoisotopic (exact) mass is 302 g/mol. The highest BCUT2D eigenvalue weighted by Crippen LogP contribution is 2.17. The summed E-state index contributed by atoms with van der Waals surface area (Å²) in [6, 6.07) is 3.64. The van der Waals surface area contributed by atoms with Gasteiger partial charge in [-0.1, -0.05) is 0 Å². The van der Waals surface area contributed by atoms with Gasteiger partial charge >= 0.3 is 0 Å². The van der Waals surface area contributed by atoms with Crippen LogP contribution in [0.1, 0.15) is 22.5 Å². The molecular weight excluding hydrogens is 284 g/mol. The normalized spacial score (nSPS) is 21.3. The molecule has 0 radical (unpaired) electrons. The van der Waals surface area contributed by atoms with E-state index in [0.717, 1.165) is 5.69 Å². The molecule has 3 rings (SSSR count). The molecule has 2 aromatic heterocycles. The van der Waals surface area contributed by atoms with E-state index in [1.54, 1.807) is 12.4 Å². The van der Waals surface area contributed by atoms with Gasteiger partial charge in [-0.15, -0.1) is 0 Å². The Morgan fingerprint density at radius 3 is 3.09 bits per heavy atom. The Hall–Kier alpha value is -2.41. The standard InChI is InChI=1S/C15H18N4O3/c1-10-2-3-12(8-16-10)22-14-9-21-5-4-13(14)19-15(20)11-6-17-18-7-11/h2-3,6-8,13-14H,4-5,9H2,1H3,(H,17,18)(H,19,20)/t13-,14+/m0/s1. The molecule has 0 spiro atoms. The first-order valence-corrected chi connectivity index (χ1v) is 7.19. The number of aromatic amines is 1. The molecule has 1 aliphatic heterocycles. The van der Waals surface area contributed by atoms with Crippen molar-refractivity contribution in [1.29, 1.82) is 0 Å². The van der Waals surface area contributed by atoms with E-state index in [9.17, 15) is 4.79 Å². The van der Waals surface area contributed by atoms with Crippen LogP contribution in [0.5, 0.6) is 5.75 Å². The number of aromatic nitrogens is 3. The number of hydrogen-bond acceptors (Lipinski definition) is 5. The fourth-order valence-corrected chi connectivity index (χ4v) is 2.32. The number of H-pyrrole nitrogens is 1. The SMILES string of the molecule is Cc1ccc(O[C@@H]2COCC[C@@H]2NC(=O)c2cn[nH]c2)cn1. The largest absolute Gasteiger partial charge is 0.484 e. The van der Waals surface area contributed by atoms with E-state index >= 15 is 0 Å². The van der Waals surface area contributed by atoms with Crippen LogP contribution in [0.15, 0.2) is 30.7 Å². The average Bonchev–Trinajstić information content (AvgIpc) is 3.06. The van der Waals surface area contributed by atoms with Crippen LogP contribution in [-0.2, 0) is 4.74 Å². The molecule has 0 aliphatic carbocycles. The number of pyridine rings is 1. The molecule has 1 aliphatic rings. The van der Waals surface area contributed by atoms with Gasteiger partial charge in [0.2, 0.25) is 0 Å². The first kappa shape index (κ1) is 14.5. The van der Waals surface area contributed by atoms with Crippen molar-refractivity contribution in [1.82, 2.24) is 20.5 Å². The van der Waals surface area contributed by atoms with E-state index in [0.29, 0.717) is 30.9 Å². The zero-order chi connectivity index (χ0) is 15.4. The van der Waals surface area contributed by atoms with E-state index < -0.39 is 0 Å². The van der Waals surface area contributed by atoms with Crippen molar-refractivity contribution in [2.24, 2.45) is 0 Å². The highest BCUT2D eigenvalue weighted by molar-refractivity contribution is 5.93. The molecule has 2 atom stereocenters. The lowest BCUT2D eigenvalue weighted by atomic mass is 10.1. The fourth-order valence-electron chi connectivity index (χ4n) is 2.32. The van der Waals surface area contributed by atoms with Crippen molar-refractivity contribution in [3.8, 4) is 5.75 Å². The minimum absolute atomic E-state index is 0.113. The third-order valence-corrected chi connectivity index (χ3v) is 3.55. The Balaban J connectivity index is 1.65. The first-order chi connectivity index (χ1) is 10.7. The quantitative estimate of drug-likeness (QED) is 0.882. The number of aryl methyl sites for hydroxylation is 1. The summed E-state index contributed by atoms with van der Waals surface area (Å²) in [5, 5.41) is 9.39. The van der Waals surface area contributed by atoms with Crippen LogP contribution in [0.2, 0.25) is 0 Å². The minimum Gasteiger partial charge on any atom is -0.484 e. The Morgan fingerprint density at radius 2 is 2.36 bits per heavy atom. The highest BCUT2D eigenvalue weighted by Gasteiger charge is 2.29. The van der Waals surface area contributed by atoms with E-state index in [-0.39, 0.29) is 18.1 Å². The molecule has 1 saturated heterocycles. The number of ether oxygens (including phenoxy) is 2. The molecular formula is C15H18N4O3. The molecule has 0 aromatic carbocycles. The number of rotatable bonds is 4. The summed E-state index contributed by atoms with van der Waals surface area (Å²) < 4.78 is 11.4. The average molecular weight is 302 g/mol. The lowest BCUT2D eigenvalue weighted by molar-refractivity contribution is -0.0136. The van der Waals surface area contributed by atoms with Gasteiger partial charge in [-0.25, -0.2) is 0 Å². The topological polar surface area (TPSA) is 89.1 Å². The molecule has 22 heavy (non-hydrogen) atoms. The summed E-state index contributed by atoms with van der Waals surface area (Å²) in [6.07, 6.45) is 5.20. The molecule has 1 fully saturated rings. The molecule has 3 heterocycles. The Morgan fingerprint density at radius 1 is 1.45 bits per heavy atom. The van der Waals surface area contributed by atoms with E-state index in [1.807, 2.05) is 19.1 Å². The van der Waals surface area contributed by atoms with Crippen molar-refractivity contribution in [3.05, 3.63) is 42.0 Å². The van der Waals surface area contributed by atoms with Gasteiger partial charge in [0.05, 0.1) is 30.6 Å². The van der Waals surface area contributed by atoms with Crippen LogP contribution in [0, 0.1) is 6.92 Å². The van der Waals surface area contributed by atoms with Gasteiger partial charge in [0, 0.05) is 18.5 Å². The minimum atomic E-state index is -0.242. The molecule has 0 unspecified atom stereocenters. The van der Waals surface area contributed by atoms with E-state index in [4.69, 9.17) is 9.47 Å². The van der Waals surface area contributed by atoms with Gasteiger partial charge in [-0.05, 0) is 25.5 Å². The van der Waals surface area contributed by atoms with Gasteiger partial charge in [0.15, 0.2) is 0 Å². The van der Waals surface area contributed by atoms with Gasteiger partial charge in [-0.2, -0.15) is 5.10 Å². The Bertz CT molecular complexity index is 612. The van der Waals surface area contributed by atoms with Crippen LogP contribution in [-0.4, -0.2) is 46.4 Å². The molecule has 2 N–H and O–H groups in total. The lowest BCUT2D eigenvalue weighted by Crippen LogP contribution is -2.51. The predicted octanol–water partition coefficient (Wildman–Crippen LogP) is 1.08. The highest BCUT2D eigenvalue weighted by atomic mass is 16.5. The Labute approximate surface area is 128 Å². The third kappa shape index (κ3) is 3.43. The number of carbonyl (C=O) groups is 1. The Kier molecular flexibility index (Phi) is 4.34. The maximum Gasteiger partial charge on any atom is 0.254 e. The van der Waals surface area contributed by atoms with Crippen molar-refractivity contribution >= 4 is 5.91 Å². The number of amides is 1. The molecule has 0 bridgehead atoms. The molecule has 116 valence electrons. The summed E-state index contributed by atoms with van der Waals surface area (Å²) in [5.74, 6) is 0.500. The van der Waals surface area contributed by atoms with Crippen molar-refractivity contribution < 1.29 is 14.3 Å². The zero-order valence-corrected chi connectivity index (χ0v) is 12.3. The summed E-state index contributed by atoms with van der Waals surface area (Å²) in [4.78, 5) is 16.3.